The summed E-state index contributed by atoms with van der Waals surface area (Å²) in [5.41, 5.74) is 6.18. The van der Waals surface area contributed by atoms with Crippen molar-refractivity contribution in [3.05, 3.63) is 29.1 Å². The Labute approximate surface area is 111 Å². The number of hydrogen-bond acceptors (Lipinski definition) is 6. The van der Waals surface area contributed by atoms with Gasteiger partial charge in [-0.05, 0) is 18.7 Å². The molecule has 3 N–H and O–H groups in total. The highest BCUT2D eigenvalue weighted by molar-refractivity contribution is 7.99. The number of H-pyrrole nitrogens is 1. The van der Waals surface area contributed by atoms with Gasteiger partial charge in [0.1, 0.15) is 10.8 Å². The second-order valence-electron chi connectivity index (χ2n) is 3.79. The first-order chi connectivity index (χ1) is 9.19. The Bertz CT molecular complexity index is 787. The van der Waals surface area contributed by atoms with E-state index < -0.39 is 0 Å². The van der Waals surface area contributed by atoms with E-state index in [1.807, 2.05) is 6.92 Å². The first-order valence-electron chi connectivity index (χ1n) is 5.61. The Balaban J connectivity index is 2.10. The molecule has 0 unspecified atom stereocenters. The van der Waals surface area contributed by atoms with Gasteiger partial charge in [-0.1, -0.05) is 0 Å². The van der Waals surface area contributed by atoms with Gasteiger partial charge >= 0.3 is 5.69 Å². The molecule has 9 heteroatoms. The van der Waals surface area contributed by atoms with E-state index in [0.717, 1.165) is 0 Å². The van der Waals surface area contributed by atoms with Gasteiger partial charge in [0, 0.05) is 18.9 Å². The molecule has 0 radical (unpaired) electrons. The lowest BCUT2D eigenvalue weighted by molar-refractivity contribution is 0.660. The predicted molar refractivity (Wildman–Crippen MR) is 70.0 cm³/mol. The van der Waals surface area contributed by atoms with E-state index in [1.165, 1.54) is 16.3 Å². The van der Waals surface area contributed by atoms with E-state index in [0.29, 0.717) is 28.2 Å². The summed E-state index contributed by atoms with van der Waals surface area (Å²) >= 11 is 1.25. The zero-order chi connectivity index (χ0) is 13.4. The van der Waals surface area contributed by atoms with E-state index in [-0.39, 0.29) is 5.69 Å². The fourth-order valence-electron chi connectivity index (χ4n) is 1.74. The molecular formula is C10H11N7OS. The zero-order valence-electron chi connectivity index (χ0n) is 10.1. The van der Waals surface area contributed by atoms with Crippen LogP contribution in [-0.2, 0) is 6.54 Å². The van der Waals surface area contributed by atoms with Crippen LogP contribution in [0.3, 0.4) is 0 Å². The van der Waals surface area contributed by atoms with Crippen molar-refractivity contribution in [3.8, 4) is 0 Å². The molecule has 0 spiro atoms. The van der Waals surface area contributed by atoms with Crippen LogP contribution in [0.2, 0.25) is 0 Å². The summed E-state index contributed by atoms with van der Waals surface area (Å²) in [6.45, 7) is 2.41. The van der Waals surface area contributed by atoms with Crippen LogP contribution in [0, 0.1) is 0 Å². The molecule has 3 aromatic heterocycles. The largest absolute Gasteiger partial charge is 0.382 e. The average Bonchev–Trinajstić information content (AvgIpc) is 2.96. The molecule has 98 valence electrons. The molecule has 0 fully saturated rings. The van der Waals surface area contributed by atoms with Crippen molar-refractivity contribution in [1.29, 1.82) is 0 Å². The molecule has 3 heterocycles. The first-order valence-corrected chi connectivity index (χ1v) is 6.43. The summed E-state index contributed by atoms with van der Waals surface area (Å²) < 4.78 is 3.31. The fourth-order valence-corrected chi connectivity index (χ4v) is 2.72. The molecule has 0 bridgehead atoms. The number of nitrogens with two attached hydrogens (primary N) is 1. The minimum atomic E-state index is -0.242. The Kier molecular flexibility index (Phi) is 2.75. The van der Waals surface area contributed by atoms with Gasteiger partial charge in [-0.2, -0.15) is 0 Å². The van der Waals surface area contributed by atoms with E-state index in [2.05, 4.69) is 20.2 Å². The summed E-state index contributed by atoms with van der Waals surface area (Å²) in [6.07, 6.45) is 5.14. The number of rotatable bonds is 3. The van der Waals surface area contributed by atoms with Gasteiger partial charge in [-0.25, -0.2) is 19.9 Å². The SMILES string of the molecule is CCn1c(Sc2nc(N)cn3ccnc23)n[nH]c1=O. The van der Waals surface area contributed by atoms with Crippen molar-refractivity contribution in [2.24, 2.45) is 0 Å². The number of aromatic amines is 1. The molecule has 0 saturated carbocycles. The number of nitrogens with zero attached hydrogens (tertiary/aromatic N) is 5. The van der Waals surface area contributed by atoms with Crippen molar-refractivity contribution in [1.82, 2.24) is 29.1 Å². The minimum absolute atomic E-state index is 0.242. The summed E-state index contributed by atoms with van der Waals surface area (Å²) in [5, 5.41) is 7.54. The summed E-state index contributed by atoms with van der Waals surface area (Å²) in [5.74, 6) is 0.383. The number of nitrogens with one attached hydrogen (secondary N) is 1. The topological polar surface area (TPSA) is 107 Å². The normalized spacial score (nSPS) is 11.2. The van der Waals surface area contributed by atoms with E-state index >= 15 is 0 Å². The lowest BCUT2D eigenvalue weighted by atomic mass is 10.6. The Morgan fingerprint density at radius 1 is 1.53 bits per heavy atom. The van der Waals surface area contributed by atoms with Gasteiger partial charge in [0.2, 0.25) is 0 Å². The lowest BCUT2D eigenvalue weighted by Gasteiger charge is -2.04. The second kappa shape index (κ2) is 4.43. The lowest BCUT2D eigenvalue weighted by Crippen LogP contribution is -2.16. The molecule has 8 nitrogen and oxygen atoms in total. The number of nitrogen functional groups attached to an aromatic ring is 1. The number of fused-ring (bicyclic) bond motifs is 1. The highest BCUT2D eigenvalue weighted by atomic mass is 32.2. The molecule has 0 amide bonds. The summed E-state index contributed by atoms with van der Waals surface area (Å²) in [4.78, 5) is 20.0. The predicted octanol–water partition coefficient (Wildman–Crippen LogP) is 0.367. The molecule has 0 aliphatic rings. The van der Waals surface area contributed by atoms with Gasteiger partial charge in [-0.15, -0.1) is 5.10 Å². The van der Waals surface area contributed by atoms with E-state index in [4.69, 9.17) is 5.73 Å². The maximum atomic E-state index is 11.5. The van der Waals surface area contributed by atoms with Gasteiger partial charge in [0.15, 0.2) is 10.8 Å². The number of anilines is 1. The second-order valence-corrected chi connectivity index (χ2v) is 4.74. The molecule has 19 heavy (non-hydrogen) atoms. The third kappa shape index (κ3) is 1.97. The molecule has 0 aromatic carbocycles. The van der Waals surface area contributed by atoms with Gasteiger partial charge in [0.25, 0.3) is 0 Å². The smallest absolute Gasteiger partial charge is 0.343 e. The Morgan fingerprint density at radius 3 is 3.16 bits per heavy atom. The van der Waals surface area contributed by atoms with Crippen molar-refractivity contribution >= 4 is 23.2 Å². The van der Waals surface area contributed by atoms with Gasteiger partial charge in [-0.3, -0.25) is 4.57 Å². The third-order valence-corrected chi connectivity index (χ3v) is 3.55. The van der Waals surface area contributed by atoms with E-state index in [1.54, 1.807) is 23.0 Å². The van der Waals surface area contributed by atoms with Crippen LogP contribution in [0.1, 0.15) is 6.92 Å². The highest BCUT2D eigenvalue weighted by Crippen LogP contribution is 2.27. The fraction of sp³-hybridized carbons (Fsp3) is 0.200. The molecular weight excluding hydrogens is 266 g/mol. The van der Waals surface area contributed by atoms with Crippen molar-refractivity contribution in [2.45, 2.75) is 23.7 Å². The zero-order valence-corrected chi connectivity index (χ0v) is 10.9. The van der Waals surface area contributed by atoms with Crippen LogP contribution in [-0.4, -0.2) is 29.1 Å². The average molecular weight is 277 g/mol. The molecule has 0 aliphatic heterocycles. The summed E-state index contributed by atoms with van der Waals surface area (Å²) in [6, 6.07) is 0. The summed E-state index contributed by atoms with van der Waals surface area (Å²) in [7, 11) is 0. The minimum Gasteiger partial charge on any atom is -0.382 e. The van der Waals surface area contributed by atoms with Crippen LogP contribution in [0.5, 0.6) is 0 Å². The van der Waals surface area contributed by atoms with Gasteiger partial charge in [0.05, 0.1) is 6.20 Å². The van der Waals surface area contributed by atoms with Crippen LogP contribution < -0.4 is 11.4 Å². The Hall–Kier alpha value is -2.29. The van der Waals surface area contributed by atoms with Crippen LogP contribution in [0.25, 0.3) is 5.65 Å². The highest BCUT2D eigenvalue weighted by Gasteiger charge is 2.13. The van der Waals surface area contributed by atoms with Crippen LogP contribution >= 0.6 is 11.8 Å². The molecule has 0 atom stereocenters. The van der Waals surface area contributed by atoms with Gasteiger partial charge < -0.3 is 10.1 Å². The quantitative estimate of drug-likeness (QED) is 0.716. The third-order valence-electron chi connectivity index (χ3n) is 2.59. The first kappa shape index (κ1) is 11.8. The van der Waals surface area contributed by atoms with Crippen LogP contribution in [0.4, 0.5) is 5.82 Å². The number of hydrogen-bond donors (Lipinski definition) is 2. The van der Waals surface area contributed by atoms with E-state index in [9.17, 15) is 4.79 Å². The molecule has 0 aliphatic carbocycles. The molecule has 3 rings (SSSR count). The molecule has 0 saturated heterocycles. The number of imidazole rings is 1. The van der Waals surface area contributed by atoms with Crippen molar-refractivity contribution < 1.29 is 0 Å². The molecule has 3 aromatic rings. The number of aromatic nitrogens is 6. The standard InChI is InChI=1S/C10H11N7OS/c1-2-17-9(18)14-15-10(17)19-8-7-12-3-4-16(7)5-6(11)13-8/h3-5H,2,11H2,1H3,(H,14,18). The maximum absolute atomic E-state index is 11.5. The Morgan fingerprint density at radius 2 is 2.37 bits per heavy atom. The van der Waals surface area contributed by atoms with Crippen molar-refractivity contribution in [3.63, 3.8) is 0 Å². The van der Waals surface area contributed by atoms with Crippen LogP contribution in [0.15, 0.2) is 33.6 Å². The monoisotopic (exact) mass is 277 g/mol. The maximum Gasteiger partial charge on any atom is 0.343 e. The van der Waals surface area contributed by atoms with Crippen molar-refractivity contribution in [2.75, 3.05) is 5.73 Å².